The molecule has 1 saturated carbocycles. The number of rotatable bonds is 5. The van der Waals surface area contributed by atoms with Crippen LogP contribution in [0, 0.1) is 5.92 Å². The number of nitrogens with zero attached hydrogens (tertiary/aromatic N) is 1. The summed E-state index contributed by atoms with van der Waals surface area (Å²) in [5.41, 5.74) is 1.65. The van der Waals surface area contributed by atoms with Crippen LogP contribution in [0.5, 0.6) is 0 Å². The maximum absolute atomic E-state index is 12.5. The molecule has 2 heterocycles. The number of furan rings is 1. The van der Waals surface area contributed by atoms with Crippen LogP contribution in [0.3, 0.4) is 0 Å². The average Bonchev–Trinajstić information content (AvgIpc) is 3.07. The highest BCUT2D eigenvalue weighted by Gasteiger charge is 2.45. The predicted octanol–water partition coefficient (Wildman–Crippen LogP) is 2.94. The van der Waals surface area contributed by atoms with Crippen molar-refractivity contribution >= 4 is 11.8 Å². The lowest BCUT2D eigenvalue weighted by Gasteiger charge is -2.15. The maximum Gasteiger partial charge on any atom is 0.253 e. The Labute approximate surface area is 147 Å². The normalized spacial score (nSPS) is 22.0. The predicted molar refractivity (Wildman–Crippen MR) is 93.0 cm³/mol. The van der Waals surface area contributed by atoms with Crippen molar-refractivity contribution in [3.63, 3.8) is 0 Å². The molecule has 0 unspecified atom stereocenters. The highest BCUT2D eigenvalue weighted by atomic mass is 16.3. The minimum Gasteiger partial charge on any atom is -0.469 e. The van der Waals surface area contributed by atoms with Gasteiger partial charge in [-0.05, 0) is 49.1 Å². The number of nitrogens with one attached hydrogen (secondary N) is 1. The fourth-order valence-corrected chi connectivity index (χ4v) is 3.54. The summed E-state index contributed by atoms with van der Waals surface area (Å²) in [6, 6.07) is 11.3. The third kappa shape index (κ3) is 3.45. The summed E-state index contributed by atoms with van der Waals surface area (Å²) in [5.74, 6) is 1.24. The fraction of sp³-hybridized carbons (Fsp3) is 0.400. The van der Waals surface area contributed by atoms with Gasteiger partial charge in [0, 0.05) is 37.0 Å². The highest BCUT2D eigenvalue weighted by molar-refractivity contribution is 5.94. The van der Waals surface area contributed by atoms with Gasteiger partial charge in [0.05, 0.1) is 6.26 Å². The Hall–Kier alpha value is -2.56. The molecule has 2 aliphatic rings. The van der Waals surface area contributed by atoms with E-state index in [-0.39, 0.29) is 23.7 Å². The van der Waals surface area contributed by atoms with Gasteiger partial charge in [0.1, 0.15) is 5.76 Å². The minimum atomic E-state index is 0.000523. The SMILES string of the molecule is O=C(NCc1cccc(C(=O)N2CCCC2)c1)[C@@H]1C[C@H]1c1ccco1. The van der Waals surface area contributed by atoms with E-state index in [0.717, 1.165) is 43.7 Å². The summed E-state index contributed by atoms with van der Waals surface area (Å²) in [6.07, 6.45) is 4.65. The zero-order chi connectivity index (χ0) is 17.2. The van der Waals surface area contributed by atoms with Crippen molar-refractivity contribution in [1.82, 2.24) is 10.2 Å². The lowest BCUT2D eigenvalue weighted by atomic mass is 10.1. The lowest BCUT2D eigenvalue weighted by Crippen LogP contribution is -2.28. The molecule has 130 valence electrons. The van der Waals surface area contributed by atoms with Crippen LogP contribution < -0.4 is 5.32 Å². The molecule has 1 aliphatic heterocycles. The van der Waals surface area contributed by atoms with Gasteiger partial charge in [-0.3, -0.25) is 9.59 Å². The standard InChI is InChI=1S/C20H22N2O3/c23-19(17-12-16(17)18-7-4-10-25-18)21-13-14-5-3-6-15(11-14)20(24)22-8-1-2-9-22/h3-7,10-11,16-17H,1-2,8-9,12-13H2,(H,21,23)/t16-,17-/m1/s1. The quantitative estimate of drug-likeness (QED) is 0.912. The molecule has 25 heavy (non-hydrogen) atoms. The van der Waals surface area contributed by atoms with Crippen molar-refractivity contribution in [2.75, 3.05) is 13.1 Å². The van der Waals surface area contributed by atoms with Crippen LogP contribution in [0.4, 0.5) is 0 Å². The smallest absolute Gasteiger partial charge is 0.253 e. The monoisotopic (exact) mass is 338 g/mol. The first-order valence-electron chi connectivity index (χ1n) is 8.92. The van der Waals surface area contributed by atoms with Gasteiger partial charge in [-0.15, -0.1) is 0 Å². The van der Waals surface area contributed by atoms with E-state index in [9.17, 15) is 9.59 Å². The molecule has 1 N–H and O–H groups in total. The average molecular weight is 338 g/mol. The van der Waals surface area contributed by atoms with Crippen molar-refractivity contribution in [3.05, 3.63) is 59.5 Å². The Morgan fingerprint density at radius 3 is 2.76 bits per heavy atom. The highest BCUT2D eigenvalue weighted by Crippen LogP contribution is 2.47. The van der Waals surface area contributed by atoms with E-state index in [0.29, 0.717) is 12.1 Å². The minimum absolute atomic E-state index is 0.000523. The summed E-state index contributed by atoms with van der Waals surface area (Å²) >= 11 is 0. The number of likely N-dealkylation sites (tertiary alicyclic amines) is 1. The zero-order valence-corrected chi connectivity index (χ0v) is 14.1. The molecule has 5 heteroatoms. The van der Waals surface area contributed by atoms with Crippen molar-refractivity contribution in [1.29, 1.82) is 0 Å². The molecule has 0 spiro atoms. The maximum atomic E-state index is 12.5. The molecule has 1 aromatic heterocycles. The van der Waals surface area contributed by atoms with E-state index >= 15 is 0 Å². The summed E-state index contributed by atoms with van der Waals surface area (Å²) in [4.78, 5) is 26.6. The van der Waals surface area contributed by atoms with Crippen molar-refractivity contribution in [3.8, 4) is 0 Å². The fourth-order valence-electron chi connectivity index (χ4n) is 3.54. The van der Waals surface area contributed by atoms with Crippen LogP contribution in [-0.4, -0.2) is 29.8 Å². The number of carbonyl (C=O) groups excluding carboxylic acids is 2. The van der Waals surface area contributed by atoms with Gasteiger partial charge < -0.3 is 14.6 Å². The van der Waals surface area contributed by atoms with Gasteiger partial charge in [-0.1, -0.05) is 12.1 Å². The van der Waals surface area contributed by atoms with Crippen LogP contribution in [0.2, 0.25) is 0 Å². The van der Waals surface area contributed by atoms with Crippen LogP contribution in [0.1, 0.15) is 46.9 Å². The van der Waals surface area contributed by atoms with Gasteiger partial charge in [-0.2, -0.15) is 0 Å². The van der Waals surface area contributed by atoms with Gasteiger partial charge >= 0.3 is 0 Å². The Morgan fingerprint density at radius 2 is 2.00 bits per heavy atom. The van der Waals surface area contributed by atoms with E-state index in [1.54, 1.807) is 6.26 Å². The molecule has 2 fully saturated rings. The van der Waals surface area contributed by atoms with E-state index in [1.807, 2.05) is 41.3 Å². The Morgan fingerprint density at radius 1 is 1.16 bits per heavy atom. The summed E-state index contributed by atoms with van der Waals surface area (Å²) < 4.78 is 5.37. The van der Waals surface area contributed by atoms with Crippen LogP contribution in [0.15, 0.2) is 47.1 Å². The number of amides is 2. The van der Waals surface area contributed by atoms with Crippen LogP contribution in [0.25, 0.3) is 0 Å². The first kappa shape index (κ1) is 15.9. The van der Waals surface area contributed by atoms with E-state index in [2.05, 4.69) is 5.32 Å². The molecule has 4 rings (SSSR count). The largest absolute Gasteiger partial charge is 0.469 e. The second-order valence-electron chi connectivity index (χ2n) is 6.88. The topological polar surface area (TPSA) is 62.6 Å². The van der Waals surface area contributed by atoms with Crippen molar-refractivity contribution in [2.45, 2.75) is 31.7 Å². The summed E-state index contributed by atoms with van der Waals surface area (Å²) in [5, 5.41) is 2.98. The third-order valence-corrected chi connectivity index (χ3v) is 5.07. The van der Waals surface area contributed by atoms with Crippen molar-refractivity contribution < 1.29 is 14.0 Å². The van der Waals surface area contributed by atoms with Crippen molar-refractivity contribution in [2.24, 2.45) is 5.92 Å². The molecule has 1 saturated heterocycles. The number of hydrogen-bond donors (Lipinski definition) is 1. The zero-order valence-electron chi connectivity index (χ0n) is 14.1. The number of benzene rings is 1. The molecule has 2 amide bonds. The Balaban J connectivity index is 1.33. The molecule has 2 atom stereocenters. The van der Waals surface area contributed by atoms with E-state index < -0.39 is 0 Å². The van der Waals surface area contributed by atoms with Crippen LogP contribution >= 0.6 is 0 Å². The molecule has 5 nitrogen and oxygen atoms in total. The molecular weight excluding hydrogens is 316 g/mol. The number of carbonyl (C=O) groups is 2. The van der Waals surface area contributed by atoms with Gasteiger partial charge in [0.25, 0.3) is 5.91 Å². The lowest BCUT2D eigenvalue weighted by molar-refractivity contribution is -0.122. The number of hydrogen-bond acceptors (Lipinski definition) is 3. The van der Waals surface area contributed by atoms with Crippen LogP contribution in [-0.2, 0) is 11.3 Å². The molecular formula is C20H22N2O3. The third-order valence-electron chi connectivity index (χ3n) is 5.07. The molecule has 0 bridgehead atoms. The molecule has 1 aliphatic carbocycles. The summed E-state index contributed by atoms with van der Waals surface area (Å²) in [6.45, 7) is 2.13. The molecule has 1 aromatic carbocycles. The second kappa shape index (κ2) is 6.75. The van der Waals surface area contributed by atoms with Gasteiger partial charge in [0.15, 0.2) is 0 Å². The second-order valence-corrected chi connectivity index (χ2v) is 6.88. The summed E-state index contributed by atoms with van der Waals surface area (Å²) in [7, 11) is 0. The van der Waals surface area contributed by atoms with E-state index in [4.69, 9.17) is 4.42 Å². The molecule has 2 aromatic rings. The molecule has 0 radical (unpaired) electrons. The first-order chi connectivity index (χ1) is 12.2. The first-order valence-corrected chi connectivity index (χ1v) is 8.92. The Bertz CT molecular complexity index is 763. The van der Waals surface area contributed by atoms with Gasteiger partial charge in [-0.25, -0.2) is 0 Å². The Kier molecular flexibility index (Phi) is 4.30. The van der Waals surface area contributed by atoms with Gasteiger partial charge in [0.2, 0.25) is 5.91 Å². The van der Waals surface area contributed by atoms with E-state index in [1.165, 1.54) is 0 Å².